The van der Waals surface area contributed by atoms with Gasteiger partial charge in [-0.15, -0.1) is 0 Å². The molecule has 3 saturated heterocycles. The van der Waals surface area contributed by atoms with Gasteiger partial charge in [0, 0.05) is 186 Å². The minimum atomic E-state index is -3.06. The number of ether oxygens (including phenoxy) is 3. The molecule has 12 aromatic rings. The van der Waals surface area contributed by atoms with Crippen LogP contribution in [-0.2, 0) is 48.5 Å². The summed E-state index contributed by atoms with van der Waals surface area (Å²) in [5, 5.41) is 5.91. The lowest BCUT2D eigenvalue weighted by molar-refractivity contribution is -0.118. The van der Waals surface area contributed by atoms with Gasteiger partial charge in [-0.3, -0.25) is 34.2 Å². The topological polar surface area (TPSA) is 220 Å². The average Bonchev–Trinajstić information content (AvgIpc) is 1.58. The van der Waals surface area contributed by atoms with Gasteiger partial charge in [0.15, 0.2) is 21.4 Å². The van der Waals surface area contributed by atoms with Gasteiger partial charge in [0.2, 0.25) is 11.8 Å². The second-order valence-electron chi connectivity index (χ2n) is 31.2. The zero-order valence-electron chi connectivity index (χ0n) is 64.6. The number of fused-ring (bicyclic) bond motifs is 6. The highest BCUT2D eigenvalue weighted by Crippen LogP contribution is 2.49. The smallest absolute Gasteiger partial charge is 0.248 e. The molecule has 0 atom stereocenters. The third-order valence-corrected chi connectivity index (χ3v) is 26.0. The number of aromatic nitrogens is 3. The number of primary amides is 1. The van der Waals surface area contributed by atoms with Crippen molar-refractivity contribution in [3.05, 3.63) is 267 Å². The number of hydrogen-bond donors (Lipinski definition) is 2. The van der Waals surface area contributed by atoms with E-state index >= 15 is 0 Å². The Balaban J connectivity index is 0.000000126. The monoisotopic (exact) mass is 1570 g/mol. The first-order chi connectivity index (χ1) is 56.5. The molecular weight excluding hydrogens is 1490 g/mol. The maximum atomic E-state index is 14.0. The lowest BCUT2D eigenvalue weighted by atomic mass is 9.89. The highest BCUT2D eigenvalue weighted by molar-refractivity contribution is 7.92. The molecule has 0 spiro atoms. The number of rotatable bonds is 21. The number of nitrogens with zero attached hydrogens (tertiary/aromatic N) is 6. The molecule has 3 aromatic heterocycles. The molecule has 0 radical (unpaired) electrons. The number of benzene rings is 9. The first-order valence-corrected chi connectivity index (χ1v) is 42.0. The zero-order chi connectivity index (χ0) is 79.7. The number of sulfone groups is 1. The molecule has 9 heterocycles. The summed E-state index contributed by atoms with van der Waals surface area (Å²) >= 11 is 0. The molecule has 21 heteroatoms. The highest BCUT2D eigenvalue weighted by Gasteiger charge is 2.36. The van der Waals surface area contributed by atoms with Gasteiger partial charge in [0.1, 0.15) is 17.5 Å². The van der Waals surface area contributed by atoms with Gasteiger partial charge in [0.05, 0.1) is 47.2 Å². The van der Waals surface area contributed by atoms with Gasteiger partial charge >= 0.3 is 0 Å². The van der Waals surface area contributed by atoms with Crippen molar-refractivity contribution in [2.24, 2.45) is 20.7 Å². The molecule has 590 valence electrons. The fraction of sp³-hybridized carbons (Fsp3) is 0.295. The van der Waals surface area contributed by atoms with Crippen LogP contribution in [0, 0.1) is 17.5 Å². The summed E-state index contributed by atoms with van der Waals surface area (Å²) in [6, 6.07) is 56.4. The number of nitrogens with two attached hydrogens (primary N) is 1. The first kappa shape index (κ1) is 77.1. The Hall–Kier alpha value is -11.5. The Morgan fingerprint density at radius 3 is 1.06 bits per heavy atom. The molecule has 0 unspecified atom stereocenters. The van der Waals surface area contributed by atoms with E-state index in [9.17, 15) is 40.8 Å². The van der Waals surface area contributed by atoms with Crippen LogP contribution in [-0.4, -0.2) is 121 Å². The minimum Gasteiger partial charge on any atom is -0.381 e. The lowest BCUT2D eigenvalue weighted by Gasteiger charge is -2.26. The molecule has 116 heavy (non-hydrogen) atoms. The van der Waals surface area contributed by atoms with Gasteiger partial charge in [-0.1, -0.05) is 60.7 Å². The SMILES string of the molecule is CC(=O)NCCCC(=O)c1ccc(-c2c(C3CCOCC3)n(-c3ccc(F)cc3)c3cc4c(cc23)CN=C4)cc1.NC(=O)c1ccc(-c2c(C3CCOCC3)n(-c3ccc(F)cc3)c3cc4c(cc23)CN=C4)cc1.O=C(CCCS(=O)(=O)C1CC1)c1ccc(-c2c(C3CCOCC3)n(-c3ccc(F)cc3)c3cc4c(cc23)CN=C4)cc1. The Kier molecular flexibility index (Phi) is 22.2. The van der Waals surface area contributed by atoms with Crippen molar-refractivity contribution in [3.8, 4) is 50.4 Å². The van der Waals surface area contributed by atoms with Gasteiger partial charge in [-0.25, -0.2) is 21.6 Å². The molecule has 17 nitrogen and oxygen atoms in total. The van der Waals surface area contributed by atoms with Crippen LogP contribution >= 0.6 is 0 Å². The van der Waals surface area contributed by atoms with Crippen LogP contribution in [0.1, 0.15) is 183 Å². The lowest BCUT2D eigenvalue weighted by Crippen LogP contribution is -2.21. The molecule has 19 rings (SSSR count). The molecule has 6 aliphatic heterocycles. The molecule has 7 aliphatic rings. The van der Waals surface area contributed by atoms with Crippen molar-refractivity contribution in [2.75, 3.05) is 51.9 Å². The van der Waals surface area contributed by atoms with E-state index in [1.165, 1.54) is 77.1 Å². The standard InChI is InChI=1S/C34H33FN2O4S.C33H32FN3O3.C28H24FN3O2/c35-27-7-9-28(10-8-27)37-31-19-26-21-36-20-25(26)18-30(31)33(34(37)24-13-15-41-16-14-24)23-5-3-22(4-6-23)32(38)2-1-17-42(39,40)29-11-12-29;1-21(38)36-14-2-3-31(39)22-4-6-23(7-5-22)32-29-17-25-19-35-20-26(25)18-30(29)37(28-10-8-27(34)9-11-28)33(32)24-12-15-40-16-13-24;29-22-5-7-23(8-6-22)32-25-14-21-16-31-15-20(21)13-24(25)26(27(32)18-9-11-34-12-10-18)17-1-3-19(4-2-17)28(30)33/h3-10,18-19,21,24,29H,1-2,11-17,20H2;4-11,17-18,20,24H,2-3,12-16,19H2,1H3,(H,36,38);1-8,13-14,16,18H,9-12,15H2,(H2,30,33). The van der Waals surface area contributed by atoms with Crippen LogP contribution in [0.5, 0.6) is 0 Å². The van der Waals surface area contributed by atoms with Crippen molar-refractivity contribution >= 4 is 84.6 Å². The summed E-state index contributed by atoms with van der Waals surface area (Å²) in [7, 11) is -3.06. The normalized spacial score (nSPS) is 16.0. The van der Waals surface area contributed by atoms with Crippen LogP contribution in [0.2, 0.25) is 0 Å². The van der Waals surface area contributed by atoms with E-state index in [4.69, 9.17) is 19.9 Å². The van der Waals surface area contributed by atoms with Crippen LogP contribution in [0.3, 0.4) is 0 Å². The number of nitrogens with one attached hydrogen (secondary N) is 1. The summed E-state index contributed by atoms with van der Waals surface area (Å²) in [6.07, 6.45) is 14.2. The van der Waals surface area contributed by atoms with Gasteiger partial charge in [-0.05, 0) is 236 Å². The van der Waals surface area contributed by atoms with Crippen molar-refractivity contribution in [1.29, 1.82) is 0 Å². The number of Topliss-reactive ketones (excluding diaryl/α,β-unsaturated/α-hetero) is 2. The molecule has 1 aliphatic carbocycles. The average molecular weight is 1580 g/mol. The maximum absolute atomic E-state index is 14.0. The van der Waals surface area contributed by atoms with Crippen molar-refractivity contribution in [1.82, 2.24) is 19.0 Å². The highest BCUT2D eigenvalue weighted by atomic mass is 32.2. The number of carbonyl (C=O) groups is 4. The predicted octanol–water partition coefficient (Wildman–Crippen LogP) is 18.5. The van der Waals surface area contributed by atoms with Crippen molar-refractivity contribution in [2.45, 2.75) is 127 Å². The fourth-order valence-electron chi connectivity index (χ4n) is 17.6. The summed E-state index contributed by atoms with van der Waals surface area (Å²) in [5.41, 5.74) is 30.0. The summed E-state index contributed by atoms with van der Waals surface area (Å²) in [4.78, 5) is 62.0. The number of hydrogen-bond acceptors (Lipinski definition) is 12. The molecule has 2 amide bonds. The Labute approximate surface area is 671 Å². The maximum Gasteiger partial charge on any atom is 0.248 e. The summed E-state index contributed by atoms with van der Waals surface area (Å²) in [5.74, 6) is -0.458. The van der Waals surface area contributed by atoms with Gasteiger partial charge < -0.3 is 39.0 Å². The Bertz CT molecular complexity index is 5990. The predicted molar refractivity (Wildman–Crippen MR) is 449 cm³/mol. The van der Waals surface area contributed by atoms with Crippen LogP contribution in [0.4, 0.5) is 13.2 Å². The first-order valence-electron chi connectivity index (χ1n) is 40.3. The summed E-state index contributed by atoms with van der Waals surface area (Å²) < 4.78 is 90.2. The van der Waals surface area contributed by atoms with E-state index < -0.39 is 15.7 Å². The van der Waals surface area contributed by atoms with Gasteiger partial charge in [-0.2, -0.15) is 0 Å². The van der Waals surface area contributed by atoms with E-state index in [1.54, 1.807) is 12.1 Å². The molecule has 9 aromatic carbocycles. The molecule has 3 N–H and O–H groups in total. The van der Waals surface area contributed by atoms with E-state index in [-0.39, 0.29) is 70.1 Å². The Morgan fingerprint density at radius 2 is 0.750 bits per heavy atom. The van der Waals surface area contributed by atoms with E-state index in [2.05, 4.69) is 70.4 Å². The third-order valence-electron chi connectivity index (χ3n) is 23.6. The van der Waals surface area contributed by atoms with E-state index in [0.717, 1.165) is 151 Å². The van der Waals surface area contributed by atoms with Crippen LogP contribution in [0.25, 0.3) is 83.2 Å². The largest absolute Gasteiger partial charge is 0.381 e. The summed E-state index contributed by atoms with van der Waals surface area (Å²) in [6.45, 7) is 8.11. The number of amides is 2. The van der Waals surface area contributed by atoms with E-state index in [0.29, 0.717) is 102 Å². The van der Waals surface area contributed by atoms with Crippen LogP contribution < -0.4 is 11.1 Å². The Morgan fingerprint density at radius 1 is 0.431 bits per heavy atom. The zero-order valence-corrected chi connectivity index (χ0v) is 65.4. The van der Waals surface area contributed by atoms with Gasteiger partial charge in [0.25, 0.3) is 0 Å². The third kappa shape index (κ3) is 15.9. The number of ketones is 2. The quantitative estimate of drug-likeness (QED) is 0.0515. The fourth-order valence-corrected chi connectivity index (χ4v) is 19.3. The molecule has 0 bridgehead atoms. The second kappa shape index (κ2) is 33.4. The molecule has 4 fully saturated rings. The van der Waals surface area contributed by atoms with E-state index in [1.807, 2.05) is 116 Å². The molecule has 1 saturated carbocycles. The van der Waals surface area contributed by atoms with Crippen molar-refractivity contribution in [3.63, 3.8) is 0 Å². The number of aliphatic imine (C=N–C) groups is 3. The number of carbonyl (C=O) groups excluding carboxylic acids is 4. The minimum absolute atomic E-state index is 0.0408. The second-order valence-corrected chi connectivity index (χ2v) is 33.6. The van der Waals surface area contributed by atoms with Crippen molar-refractivity contribution < 1.29 is 55.0 Å². The number of halogens is 3. The molecular formula is C95H89F3N8O9S. The van der Waals surface area contributed by atoms with Crippen LogP contribution in [0.15, 0.2) is 197 Å².